The Balaban J connectivity index is 1.07. The molecule has 8 aromatic carbocycles. The summed E-state index contributed by atoms with van der Waals surface area (Å²) in [7, 11) is 0. The number of hydrogen-bond donors (Lipinski definition) is 0. The van der Waals surface area contributed by atoms with Gasteiger partial charge in [-0.05, 0) is 135 Å². The van der Waals surface area contributed by atoms with E-state index in [0.29, 0.717) is 23.7 Å². The molecule has 0 amide bonds. The molecule has 68 heavy (non-hydrogen) atoms. The molecule has 10 aromatic rings. The lowest BCUT2D eigenvalue weighted by molar-refractivity contribution is 0.163. The van der Waals surface area contributed by atoms with E-state index in [1.807, 2.05) is 0 Å². The van der Waals surface area contributed by atoms with Crippen molar-refractivity contribution in [2.75, 3.05) is 4.90 Å². The normalized spacial score (nSPS) is 22.4. The molecule has 2 unspecified atom stereocenters. The number of hydrogen-bond acceptors (Lipinski definition) is 3. The second-order valence-corrected chi connectivity index (χ2v) is 21.7. The maximum Gasteiger partial charge on any atom is 0.361 e. The van der Waals surface area contributed by atoms with Crippen LogP contribution in [0, 0.1) is 11.8 Å². The van der Waals surface area contributed by atoms with Gasteiger partial charge in [0.2, 0.25) is 0 Å². The van der Waals surface area contributed by atoms with Gasteiger partial charge in [0, 0.05) is 33.2 Å². The Kier molecular flexibility index (Phi) is 5.65. The molecule has 0 saturated heterocycles. The zero-order chi connectivity index (χ0) is 43.7. The first-order chi connectivity index (χ1) is 33.7. The second kappa shape index (κ2) is 11.1. The van der Waals surface area contributed by atoms with Gasteiger partial charge in [-0.1, -0.05) is 140 Å². The SMILES string of the molecule is O=c1c2c(n3n1B1c4c-3ccc3c4N4c5c(cccc5C5(c6ccccc6-c6ccccc65)c5cc6c(oc7ccccc76)c1c54)C31c3ccccc3-c3ccccc31)C1CC3CC(CC2C3)C1. The van der Waals surface area contributed by atoms with Gasteiger partial charge >= 0.3 is 6.85 Å². The van der Waals surface area contributed by atoms with Crippen molar-refractivity contribution in [2.45, 2.75) is 54.8 Å². The highest BCUT2D eigenvalue weighted by Gasteiger charge is 2.63. The number of benzene rings is 8. The summed E-state index contributed by atoms with van der Waals surface area (Å²) < 4.78 is 12.1. The van der Waals surface area contributed by atoms with Gasteiger partial charge in [0.05, 0.1) is 39.3 Å². The number of aromatic nitrogens is 2. The Hall–Kier alpha value is -7.57. The van der Waals surface area contributed by atoms with Gasteiger partial charge in [-0.2, -0.15) is 0 Å². The molecule has 6 heteroatoms. The highest BCUT2D eigenvalue weighted by Crippen LogP contribution is 2.71. The van der Waals surface area contributed by atoms with Gasteiger partial charge in [-0.25, -0.2) is 0 Å². The van der Waals surface area contributed by atoms with Crippen molar-refractivity contribution in [2.24, 2.45) is 11.8 Å². The van der Waals surface area contributed by atoms with E-state index in [2.05, 4.69) is 172 Å². The van der Waals surface area contributed by atoms with Gasteiger partial charge in [0.25, 0.3) is 5.56 Å². The summed E-state index contributed by atoms with van der Waals surface area (Å²) in [6.45, 7) is -0.399. The van der Waals surface area contributed by atoms with E-state index in [-0.39, 0.29) is 5.56 Å². The van der Waals surface area contributed by atoms with Crippen molar-refractivity contribution >= 4 is 56.8 Å². The molecule has 318 valence electrons. The largest absolute Gasteiger partial charge is 0.456 e. The van der Waals surface area contributed by atoms with Gasteiger partial charge in [0.1, 0.15) is 11.2 Å². The molecule has 4 aliphatic heterocycles. The van der Waals surface area contributed by atoms with Crippen LogP contribution in [-0.4, -0.2) is 16.1 Å². The van der Waals surface area contributed by atoms with Crippen molar-refractivity contribution in [3.63, 3.8) is 0 Å². The molecular weight excluding hydrogens is 830 g/mol. The lowest BCUT2D eigenvalue weighted by Gasteiger charge is -2.54. The van der Waals surface area contributed by atoms with E-state index >= 15 is 4.79 Å². The molecular formula is C62H40BN3O2. The maximum absolute atomic E-state index is 16.2. The van der Waals surface area contributed by atoms with E-state index in [9.17, 15) is 0 Å². The summed E-state index contributed by atoms with van der Waals surface area (Å²) in [5.74, 6) is 2.10. The number of furan rings is 1. The molecule has 10 aliphatic rings. The summed E-state index contributed by atoms with van der Waals surface area (Å²) in [6.07, 6.45) is 5.98. The summed E-state index contributed by atoms with van der Waals surface area (Å²) in [5, 5.41) is 2.22. The number of anilines is 3. The first-order valence-corrected chi connectivity index (χ1v) is 25.0. The monoisotopic (exact) mass is 869 g/mol. The highest BCUT2D eigenvalue weighted by atomic mass is 16.3. The third-order valence-corrected chi connectivity index (χ3v) is 19.2. The summed E-state index contributed by atoms with van der Waals surface area (Å²) in [4.78, 5) is 18.9. The van der Waals surface area contributed by atoms with Crippen LogP contribution in [0.4, 0.5) is 17.1 Å². The van der Waals surface area contributed by atoms with Gasteiger partial charge in [-0.15, -0.1) is 0 Å². The predicted molar refractivity (Wildman–Crippen MR) is 270 cm³/mol. The van der Waals surface area contributed by atoms with Crippen molar-refractivity contribution < 1.29 is 4.42 Å². The van der Waals surface area contributed by atoms with Crippen molar-refractivity contribution in [3.8, 4) is 27.9 Å². The van der Waals surface area contributed by atoms with E-state index in [1.165, 1.54) is 120 Å². The lowest BCUT2D eigenvalue weighted by Crippen LogP contribution is -2.59. The van der Waals surface area contributed by atoms with Crippen LogP contribution in [0.15, 0.2) is 167 Å². The highest BCUT2D eigenvalue weighted by molar-refractivity contribution is 6.90. The molecule has 20 rings (SSSR count). The fraction of sp³-hybridized carbons (Fsp3) is 0.177. The number of fused-ring (bicyclic) bond motifs is 22. The minimum absolute atomic E-state index is 0.216. The average Bonchev–Trinajstić information content (AvgIpc) is 4.13. The molecule has 2 aromatic heterocycles. The van der Waals surface area contributed by atoms with E-state index in [1.54, 1.807) is 0 Å². The molecule has 0 N–H and O–H groups in total. The van der Waals surface area contributed by atoms with Crippen LogP contribution in [0.5, 0.6) is 0 Å². The van der Waals surface area contributed by atoms with Crippen LogP contribution in [0.1, 0.15) is 99.7 Å². The Morgan fingerprint density at radius 3 is 1.66 bits per heavy atom. The van der Waals surface area contributed by atoms with Crippen molar-refractivity contribution in [1.29, 1.82) is 0 Å². The Bertz CT molecular complexity index is 4080. The van der Waals surface area contributed by atoms with Crippen LogP contribution in [0.3, 0.4) is 0 Å². The van der Waals surface area contributed by atoms with Crippen LogP contribution < -0.4 is 21.4 Å². The molecule has 2 saturated carbocycles. The fourth-order valence-corrected chi connectivity index (χ4v) is 17.4. The Labute approximate surface area is 392 Å². The predicted octanol–water partition coefficient (Wildman–Crippen LogP) is 12.0. The van der Waals surface area contributed by atoms with Crippen LogP contribution in [-0.2, 0) is 10.8 Å². The van der Waals surface area contributed by atoms with Gasteiger partial charge < -0.3 is 9.32 Å². The number of para-hydroxylation sites is 2. The Morgan fingerprint density at radius 2 is 1.01 bits per heavy atom. The standard InChI is InChI=1S/C62H40BN3O2/c67-60-52-34-27-32-26-33(28-34)30-35(29-32)55(52)65-50-25-24-48-57-53(50)63(66(60)65)54-58-49(31-41-40-16-5-10-23-51(40)68-59(41)54)62(44-19-8-3-14-38(44)39-15-4-9-20-45(39)62)47-22-11-21-46(56(47)64(57)58)61(48)42-17-6-1-12-36(42)37-13-2-7-18-43(37)61/h1-25,31-35H,26-30H2. The zero-order valence-electron chi connectivity index (χ0n) is 37.1. The first kappa shape index (κ1) is 34.7. The molecule has 6 aliphatic carbocycles. The molecule has 4 bridgehead atoms. The van der Waals surface area contributed by atoms with E-state index in [0.717, 1.165) is 45.8 Å². The quantitative estimate of drug-likeness (QED) is 0.143. The minimum atomic E-state index is -0.683. The molecule has 6 heterocycles. The molecule has 0 radical (unpaired) electrons. The van der Waals surface area contributed by atoms with Crippen LogP contribution in [0.2, 0.25) is 0 Å². The molecule has 2 fully saturated rings. The zero-order valence-corrected chi connectivity index (χ0v) is 37.1. The Morgan fingerprint density at radius 1 is 0.485 bits per heavy atom. The summed E-state index contributed by atoms with van der Waals surface area (Å²) in [6, 6.07) is 60.1. The smallest absolute Gasteiger partial charge is 0.361 e. The topological polar surface area (TPSA) is 43.3 Å². The fourth-order valence-electron chi connectivity index (χ4n) is 17.4. The first-order valence-electron chi connectivity index (χ1n) is 25.0. The summed E-state index contributed by atoms with van der Waals surface area (Å²) >= 11 is 0. The minimum Gasteiger partial charge on any atom is -0.456 e. The third kappa shape index (κ3) is 3.39. The molecule has 2 atom stereocenters. The maximum atomic E-state index is 16.2. The van der Waals surface area contributed by atoms with Gasteiger partial charge in [0.15, 0.2) is 0 Å². The average molecular weight is 870 g/mol. The number of rotatable bonds is 0. The van der Waals surface area contributed by atoms with Crippen LogP contribution in [0.25, 0.3) is 49.9 Å². The number of nitrogens with zero attached hydrogens (tertiary/aromatic N) is 3. The van der Waals surface area contributed by atoms with Crippen molar-refractivity contribution in [3.05, 3.63) is 224 Å². The summed E-state index contributed by atoms with van der Waals surface area (Å²) in [5.41, 5.74) is 25.9. The van der Waals surface area contributed by atoms with Gasteiger partial charge in [-0.3, -0.25) is 14.1 Å². The molecule has 2 spiro atoms. The second-order valence-electron chi connectivity index (χ2n) is 21.7. The lowest BCUT2D eigenvalue weighted by atomic mass is 9.44. The third-order valence-electron chi connectivity index (χ3n) is 19.2. The van der Waals surface area contributed by atoms with E-state index in [4.69, 9.17) is 4.42 Å². The van der Waals surface area contributed by atoms with Crippen LogP contribution >= 0.6 is 0 Å². The van der Waals surface area contributed by atoms with Crippen molar-refractivity contribution in [1.82, 2.24) is 9.27 Å². The molecule has 5 nitrogen and oxygen atoms in total. The van der Waals surface area contributed by atoms with E-state index < -0.39 is 17.7 Å².